The zero-order valence-corrected chi connectivity index (χ0v) is 13.7. The van der Waals surface area contributed by atoms with Crippen LogP contribution in [0.15, 0.2) is 28.6 Å². The summed E-state index contributed by atoms with van der Waals surface area (Å²) in [5.74, 6) is 0. The predicted molar refractivity (Wildman–Crippen MR) is 80.2 cm³/mol. The van der Waals surface area contributed by atoms with Crippen molar-refractivity contribution in [3.63, 3.8) is 0 Å². The standard InChI is InChI=1S/C13H11F6N3S2/c1-7(8-2-4-9(5-3-8)13(17,18)19)23-11-22-21-10(24-11)20-6-12(14,15)16/h2-5,7H,6H2,1H3,(H,20,21). The van der Waals surface area contributed by atoms with Crippen LogP contribution in [0.5, 0.6) is 0 Å². The maximum atomic E-state index is 12.5. The molecule has 3 nitrogen and oxygen atoms in total. The Hall–Kier alpha value is -1.49. The fourth-order valence-corrected chi connectivity index (χ4v) is 3.69. The first-order valence-electron chi connectivity index (χ1n) is 6.52. The van der Waals surface area contributed by atoms with Crippen LogP contribution < -0.4 is 5.32 Å². The number of nitrogens with one attached hydrogen (secondary N) is 1. The minimum atomic E-state index is -4.40. The van der Waals surface area contributed by atoms with E-state index in [0.717, 1.165) is 23.5 Å². The van der Waals surface area contributed by atoms with Gasteiger partial charge in [-0.15, -0.1) is 10.2 Å². The molecule has 0 aliphatic carbocycles. The van der Waals surface area contributed by atoms with Crippen molar-refractivity contribution in [3.8, 4) is 0 Å². The number of alkyl halides is 6. The highest BCUT2D eigenvalue weighted by Crippen LogP contribution is 2.38. The Morgan fingerprint density at radius 3 is 2.25 bits per heavy atom. The summed E-state index contributed by atoms with van der Waals surface area (Å²) in [5, 5.41) is 9.29. The molecule has 1 heterocycles. The molecule has 0 bridgehead atoms. The minimum Gasteiger partial charge on any atom is -0.351 e. The highest BCUT2D eigenvalue weighted by molar-refractivity contribution is 8.01. The van der Waals surface area contributed by atoms with E-state index in [0.29, 0.717) is 9.90 Å². The molecule has 1 aromatic heterocycles. The van der Waals surface area contributed by atoms with Gasteiger partial charge in [-0.1, -0.05) is 35.2 Å². The van der Waals surface area contributed by atoms with Gasteiger partial charge in [0.25, 0.3) is 0 Å². The molecule has 0 aliphatic rings. The summed E-state index contributed by atoms with van der Waals surface area (Å²) >= 11 is 2.16. The average Bonchev–Trinajstić information content (AvgIpc) is 2.91. The van der Waals surface area contributed by atoms with Crippen molar-refractivity contribution in [1.82, 2.24) is 10.2 Å². The van der Waals surface area contributed by atoms with Gasteiger partial charge in [0.15, 0.2) is 4.34 Å². The lowest BCUT2D eigenvalue weighted by molar-refractivity contribution is -0.137. The summed E-state index contributed by atoms with van der Waals surface area (Å²) in [6.07, 6.45) is -8.75. The predicted octanol–water partition coefficient (Wildman–Crippen LogP) is 5.38. The fraction of sp³-hybridized carbons (Fsp3) is 0.385. The van der Waals surface area contributed by atoms with Gasteiger partial charge in [0, 0.05) is 5.25 Å². The molecule has 0 aliphatic heterocycles. The number of hydrogen-bond donors (Lipinski definition) is 1. The van der Waals surface area contributed by atoms with Gasteiger partial charge in [-0.3, -0.25) is 0 Å². The Labute approximate surface area is 141 Å². The molecular formula is C13H11F6N3S2. The van der Waals surface area contributed by atoms with Crippen LogP contribution in [0.1, 0.15) is 23.3 Å². The van der Waals surface area contributed by atoms with Crippen molar-refractivity contribution in [1.29, 1.82) is 0 Å². The molecule has 0 spiro atoms. The molecule has 132 valence electrons. The molecule has 0 saturated heterocycles. The zero-order chi connectivity index (χ0) is 18.0. The van der Waals surface area contributed by atoms with Crippen molar-refractivity contribution >= 4 is 28.2 Å². The number of anilines is 1. The normalized spacial score (nSPS) is 13.8. The molecular weight excluding hydrogens is 376 g/mol. The van der Waals surface area contributed by atoms with Crippen molar-refractivity contribution in [2.75, 3.05) is 11.9 Å². The van der Waals surface area contributed by atoms with Gasteiger partial charge in [-0.25, -0.2) is 0 Å². The third kappa shape index (κ3) is 5.55. The van der Waals surface area contributed by atoms with Crippen molar-refractivity contribution in [3.05, 3.63) is 35.4 Å². The van der Waals surface area contributed by atoms with E-state index in [1.54, 1.807) is 6.92 Å². The van der Waals surface area contributed by atoms with E-state index in [2.05, 4.69) is 15.5 Å². The molecule has 0 saturated carbocycles. The molecule has 0 radical (unpaired) electrons. The van der Waals surface area contributed by atoms with Crippen LogP contribution in [0.3, 0.4) is 0 Å². The lowest BCUT2D eigenvalue weighted by Gasteiger charge is -2.11. The molecule has 0 amide bonds. The van der Waals surface area contributed by atoms with E-state index < -0.39 is 24.5 Å². The quantitative estimate of drug-likeness (QED) is 0.552. The summed E-state index contributed by atoms with van der Waals surface area (Å²) in [7, 11) is 0. The van der Waals surface area contributed by atoms with Gasteiger partial charge >= 0.3 is 12.4 Å². The number of thioether (sulfide) groups is 1. The largest absolute Gasteiger partial charge is 0.416 e. The van der Waals surface area contributed by atoms with Gasteiger partial charge in [-0.2, -0.15) is 26.3 Å². The first-order valence-corrected chi connectivity index (χ1v) is 8.22. The van der Waals surface area contributed by atoms with Gasteiger partial charge in [0.2, 0.25) is 5.13 Å². The van der Waals surface area contributed by atoms with Crippen LogP contribution in [0.25, 0.3) is 0 Å². The maximum absolute atomic E-state index is 12.5. The van der Waals surface area contributed by atoms with Crippen LogP contribution in [0.4, 0.5) is 31.5 Å². The fourth-order valence-electron chi connectivity index (χ4n) is 1.67. The monoisotopic (exact) mass is 387 g/mol. The SMILES string of the molecule is CC(Sc1nnc(NCC(F)(F)F)s1)c1ccc(C(F)(F)F)cc1. The summed E-state index contributed by atoms with van der Waals surface area (Å²) in [6.45, 7) is 0.554. The van der Waals surface area contributed by atoms with Crippen LogP contribution in [-0.2, 0) is 6.18 Å². The summed E-state index contributed by atoms with van der Waals surface area (Å²) in [6, 6.07) is 4.71. The molecule has 11 heteroatoms. The maximum Gasteiger partial charge on any atom is 0.416 e. The van der Waals surface area contributed by atoms with E-state index in [-0.39, 0.29) is 10.4 Å². The van der Waals surface area contributed by atoms with Crippen molar-refractivity contribution in [2.45, 2.75) is 28.9 Å². The zero-order valence-electron chi connectivity index (χ0n) is 12.1. The second-order valence-electron chi connectivity index (χ2n) is 4.72. The van der Waals surface area contributed by atoms with E-state index in [9.17, 15) is 26.3 Å². The van der Waals surface area contributed by atoms with E-state index in [1.165, 1.54) is 23.9 Å². The minimum absolute atomic E-state index is 0.0365. The first-order chi connectivity index (χ1) is 11.0. The Balaban J connectivity index is 1.97. The third-order valence-corrected chi connectivity index (χ3v) is 4.95. The topological polar surface area (TPSA) is 37.8 Å². The van der Waals surface area contributed by atoms with Gasteiger partial charge in [0.1, 0.15) is 6.54 Å². The summed E-state index contributed by atoms with van der Waals surface area (Å²) in [4.78, 5) is 0. The Morgan fingerprint density at radius 2 is 1.71 bits per heavy atom. The number of aromatic nitrogens is 2. The Bertz CT molecular complexity index is 666. The lowest BCUT2D eigenvalue weighted by atomic mass is 10.1. The number of rotatable bonds is 5. The molecule has 1 unspecified atom stereocenters. The average molecular weight is 387 g/mol. The van der Waals surface area contributed by atoms with Gasteiger partial charge in [0.05, 0.1) is 5.56 Å². The third-order valence-electron chi connectivity index (χ3n) is 2.83. The van der Waals surface area contributed by atoms with Crippen LogP contribution in [0.2, 0.25) is 0 Å². The molecule has 2 aromatic rings. The highest BCUT2D eigenvalue weighted by atomic mass is 32.2. The lowest BCUT2D eigenvalue weighted by Crippen LogP contribution is -2.21. The van der Waals surface area contributed by atoms with Crippen LogP contribution >= 0.6 is 23.1 Å². The van der Waals surface area contributed by atoms with Gasteiger partial charge in [-0.05, 0) is 24.6 Å². The van der Waals surface area contributed by atoms with Crippen molar-refractivity contribution < 1.29 is 26.3 Å². The summed E-state index contributed by atoms with van der Waals surface area (Å²) < 4.78 is 74.3. The molecule has 0 fully saturated rings. The van der Waals surface area contributed by atoms with Crippen LogP contribution in [0, 0.1) is 0 Å². The highest BCUT2D eigenvalue weighted by Gasteiger charge is 2.30. The van der Waals surface area contributed by atoms with Gasteiger partial charge < -0.3 is 5.32 Å². The van der Waals surface area contributed by atoms with E-state index in [1.807, 2.05) is 0 Å². The molecule has 1 aromatic carbocycles. The van der Waals surface area contributed by atoms with E-state index >= 15 is 0 Å². The molecule has 1 N–H and O–H groups in total. The second-order valence-corrected chi connectivity index (χ2v) is 7.29. The first kappa shape index (κ1) is 18.8. The van der Waals surface area contributed by atoms with Crippen molar-refractivity contribution in [2.24, 2.45) is 0 Å². The molecule has 24 heavy (non-hydrogen) atoms. The summed E-state index contributed by atoms with van der Waals surface area (Å²) in [5.41, 5.74) is -0.0917. The Morgan fingerprint density at radius 1 is 1.08 bits per heavy atom. The number of hydrogen-bond acceptors (Lipinski definition) is 5. The van der Waals surface area contributed by atoms with E-state index in [4.69, 9.17) is 0 Å². The number of nitrogens with zero attached hydrogens (tertiary/aromatic N) is 2. The second kappa shape index (κ2) is 7.18. The Kier molecular flexibility index (Phi) is 5.63. The number of benzene rings is 1. The molecule has 1 atom stereocenters. The van der Waals surface area contributed by atoms with Crippen LogP contribution in [-0.4, -0.2) is 22.9 Å². The smallest absolute Gasteiger partial charge is 0.351 e. The number of halogens is 6. The molecule has 2 rings (SSSR count).